The minimum atomic E-state index is -0.548. The van der Waals surface area contributed by atoms with Crippen LogP contribution in [0.15, 0.2) is 54.6 Å². The predicted molar refractivity (Wildman–Crippen MR) is 111 cm³/mol. The summed E-state index contributed by atoms with van der Waals surface area (Å²) in [5, 5.41) is 2.90. The highest BCUT2D eigenvalue weighted by atomic mass is 16.5. The van der Waals surface area contributed by atoms with Gasteiger partial charge in [-0.3, -0.25) is 9.59 Å². The van der Waals surface area contributed by atoms with E-state index in [1.54, 1.807) is 18.9 Å². The third kappa shape index (κ3) is 6.41. The molecule has 0 saturated heterocycles. The van der Waals surface area contributed by atoms with Crippen molar-refractivity contribution >= 4 is 11.8 Å². The van der Waals surface area contributed by atoms with Gasteiger partial charge in [-0.25, -0.2) is 0 Å². The first-order valence-electron chi connectivity index (χ1n) is 9.67. The van der Waals surface area contributed by atoms with Crippen molar-refractivity contribution in [1.29, 1.82) is 0 Å². The van der Waals surface area contributed by atoms with E-state index in [4.69, 9.17) is 4.74 Å². The second-order valence-electron chi connectivity index (χ2n) is 7.19. The molecule has 2 rings (SSSR count). The van der Waals surface area contributed by atoms with Gasteiger partial charge in [0.1, 0.15) is 11.8 Å². The van der Waals surface area contributed by atoms with Crippen molar-refractivity contribution in [3.05, 3.63) is 65.7 Å². The number of benzene rings is 2. The quantitative estimate of drug-likeness (QED) is 0.721. The molecular formula is C23H30N2O3. The highest BCUT2D eigenvalue weighted by Crippen LogP contribution is 2.16. The van der Waals surface area contributed by atoms with Crippen LogP contribution in [-0.2, 0) is 22.6 Å². The van der Waals surface area contributed by atoms with Gasteiger partial charge in [-0.05, 0) is 50.5 Å². The SMILES string of the molecule is COc1ccc(CN(C(=O)CCc2ccccc2)[C@@H](C)C(=O)NC(C)C)cc1. The first kappa shape index (κ1) is 21.5. The normalized spacial score (nSPS) is 11.8. The first-order valence-corrected chi connectivity index (χ1v) is 9.67. The molecule has 0 spiro atoms. The van der Waals surface area contributed by atoms with E-state index in [0.717, 1.165) is 16.9 Å². The van der Waals surface area contributed by atoms with Gasteiger partial charge in [0.2, 0.25) is 11.8 Å². The Kier molecular flexibility index (Phi) is 8.05. The van der Waals surface area contributed by atoms with E-state index in [9.17, 15) is 9.59 Å². The van der Waals surface area contributed by atoms with Crippen LogP contribution in [0.2, 0.25) is 0 Å². The maximum absolute atomic E-state index is 13.0. The number of carbonyl (C=O) groups is 2. The van der Waals surface area contributed by atoms with Crippen molar-refractivity contribution in [1.82, 2.24) is 10.2 Å². The molecule has 0 aliphatic carbocycles. The van der Waals surface area contributed by atoms with Gasteiger partial charge < -0.3 is 15.0 Å². The number of carbonyl (C=O) groups excluding carboxylic acids is 2. The number of methoxy groups -OCH3 is 1. The third-order valence-corrected chi connectivity index (χ3v) is 4.58. The average Bonchev–Trinajstić information content (AvgIpc) is 2.70. The van der Waals surface area contributed by atoms with Gasteiger partial charge in [-0.15, -0.1) is 0 Å². The Morgan fingerprint density at radius 2 is 1.61 bits per heavy atom. The van der Waals surface area contributed by atoms with Crippen LogP contribution in [0.1, 0.15) is 38.3 Å². The largest absolute Gasteiger partial charge is 0.497 e. The van der Waals surface area contributed by atoms with Gasteiger partial charge in [0.25, 0.3) is 0 Å². The number of hydrogen-bond donors (Lipinski definition) is 1. The van der Waals surface area contributed by atoms with Gasteiger partial charge in [0, 0.05) is 19.0 Å². The van der Waals surface area contributed by atoms with E-state index < -0.39 is 6.04 Å². The Balaban J connectivity index is 2.13. The van der Waals surface area contributed by atoms with E-state index in [1.807, 2.05) is 68.4 Å². The number of rotatable bonds is 9. The summed E-state index contributed by atoms with van der Waals surface area (Å²) in [6.45, 7) is 5.98. The molecule has 2 aromatic carbocycles. The monoisotopic (exact) mass is 382 g/mol. The zero-order valence-electron chi connectivity index (χ0n) is 17.1. The molecule has 0 aromatic heterocycles. The molecule has 5 heteroatoms. The molecule has 2 amide bonds. The maximum atomic E-state index is 13.0. The van der Waals surface area contributed by atoms with Crippen LogP contribution in [0.5, 0.6) is 5.75 Å². The number of amides is 2. The molecule has 0 aliphatic rings. The zero-order valence-corrected chi connectivity index (χ0v) is 17.1. The van der Waals surface area contributed by atoms with E-state index in [2.05, 4.69) is 5.32 Å². The van der Waals surface area contributed by atoms with Gasteiger partial charge in [-0.1, -0.05) is 42.5 Å². The third-order valence-electron chi connectivity index (χ3n) is 4.58. The molecule has 0 fully saturated rings. The number of nitrogens with one attached hydrogen (secondary N) is 1. The van der Waals surface area contributed by atoms with Gasteiger partial charge in [0.15, 0.2) is 0 Å². The molecule has 150 valence electrons. The van der Waals surface area contributed by atoms with Crippen LogP contribution in [-0.4, -0.2) is 35.9 Å². The van der Waals surface area contributed by atoms with Crippen LogP contribution in [0.25, 0.3) is 0 Å². The van der Waals surface area contributed by atoms with Crippen molar-refractivity contribution < 1.29 is 14.3 Å². The average molecular weight is 383 g/mol. The lowest BCUT2D eigenvalue weighted by Gasteiger charge is -2.29. The molecule has 2 aromatic rings. The molecule has 0 heterocycles. The van der Waals surface area contributed by atoms with E-state index in [-0.39, 0.29) is 17.9 Å². The van der Waals surface area contributed by atoms with Crippen LogP contribution < -0.4 is 10.1 Å². The maximum Gasteiger partial charge on any atom is 0.242 e. The van der Waals surface area contributed by atoms with Gasteiger partial charge in [0.05, 0.1) is 7.11 Å². The van der Waals surface area contributed by atoms with Crippen molar-refractivity contribution in [2.45, 2.75) is 52.2 Å². The molecular weight excluding hydrogens is 352 g/mol. The van der Waals surface area contributed by atoms with Crippen LogP contribution in [0, 0.1) is 0 Å². The van der Waals surface area contributed by atoms with Gasteiger partial charge >= 0.3 is 0 Å². The zero-order chi connectivity index (χ0) is 20.5. The smallest absolute Gasteiger partial charge is 0.242 e. The topological polar surface area (TPSA) is 58.6 Å². The summed E-state index contributed by atoms with van der Waals surface area (Å²) in [5.74, 6) is 0.582. The van der Waals surface area contributed by atoms with Crippen molar-refractivity contribution in [2.24, 2.45) is 0 Å². The number of nitrogens with zero attached hydrogens (tertiary/aromatic N) is 1. The first-order chi connectivity index (χ1) is 13.4. The standard InChI is InChI=1S/C23H30N2O3/c1-17(2)24-23(27)18(3)25(16-20-10-13-21(28-4)14-11-20)22(26)15-12-19-8-6-5-7-9-19/h5-11,13-14,17-18H,12,15-16H2,1-4H3,(H,24,27)/t18-/m0/s1. The number of hydrogen-bond acceptors (Lipinski definition) is 3. The highest BCUT2D eigenvalue weighted by molar-refractivity contribution is 5.87. The van der Waals surface area contributed by atoms with E-state index >= 15 is 0 Å². The Labute approximate surface area is 167 Å². The Bertz CT molecular complexity index is 757. The van der Waals surface area contributed by atoms with Gasteiger partial charge in [-0.2, -0.15) is 0 Å². The minimum absolute atomic E-state index is 0.0252. The van der Waals surface area contributed by atoms with Crippen LogP contribution in [0.3, 0.4) is 0 Å². The second-order valence-corrected chi connectivity index (χ2v) is 7.19. The fourth-order valence-corrected chi connectivity index (χ4v) is 2.95. The van der Waals surface area contributed by atoms with E-state index in [1.165, 1.54) is 0 Å². The molecule has 28 heavy (non-hydrogen) atoms. The Hall–Kier alpha value is -2.82. The summed E-state index contributed by atoms with van der Waals surface area (Å²) >= 11 is 0. The summed E-state index contributed by atoms with van der Waals surface area (Å²) in [7, 11) is 1.62. The molecule has 0 radical (unpaired) electrons. The predicted octanol–water partition coefficient (Wildman–Crippen LogP) is 3.57. The number of aryl methyl sites for hydroxylation is 1. The lowest BCUT2D eigenvalue weighted by molar-refractivity contribution is -0.140. The Morgan fingerprint density at radius 1 is 0.964 bits per heavy atom. The summed E-state index contributed by atoms with van der Waals surface area (Å²) < 4.78 is 5.19. The molecule has 0 saturated carbocycles. The molecule has 1 N–H and O–H groups in total. The molecule has 0 bridgehead atoms. The fraction of sp³-hybridized carbons (Fsp3) is 0.391. The number of ether oxygens (including phenoxy) is 1. The summed E-state index contributed by atoms with van der Waals surface area (Å²) in [5.41, 5.74) is 2.07. The van der Waals surface area contributed by atoms with Crippen molar-refractivity contribution in [3.63, 3.8) is 0 Å². The summed E-state index contributed by atoms with van der Waals surface area (Å²) in [6.07, 6.45) is 1.01. The Morgan fingerprint density at radius 3 is 2.18 bits per heavy atom. The fourth-order valence-electron chi connectivity index (χ4n) is 2.95. The van der Waals surface area contributed by atoms with E-state index in [0.29, 0.717) is 19.4 Å². The highest BCUT2D eigenvalue weighted by Gasteiger charge is 2.26. The summed E-state index contributed by atoms with van der Waals surface area (Å²) in [4.78, 5) is 27.2. The second kappa shape index (κ2) is 10.5. The van der Waals surface area contributed by atoms with Crippen LogP contribution in [0.4, 0.5) is 0 Å². The molecule has 0 aliphatic heterocycles. The molecule has 0 unspecified atom stereocenters. The lowest BCUT2D eigenvalue weighted by Crippen LogP contribution is -2.49. The van der Waals surface area contributed by atoms with Crippen molar-refractivity contribution in [3.8, 4) is 5.75 Å². The molecule has 1 atom stereocenters. The summed E-state index contributed by atoms with van der Waals surface area (Å²) in [6, 6.07) is 17.0. The molecule has 5 nitrogen and oxygen atoms in total. The minimum Gasteiger partial charge on any atom is -0.497 e. The van der Waals surface area contributed by atoms with Crippen LogP contribution >= 0.6 is 0 Å². The lowest BCUT2D eigenvalue weighted by atomic mass is 10.1. The van der Waals surface area contributed by atoms with Crippen molar-refractivity contribution in [2.75, 3.05) is 7.11 Å².